The number of aromatic nitrogens is 1. The molecule has 37 heavy (non-hydrogen) atoms. The number of halogens is 1. The molecule has 1 saturated heterocycles. The van der Waals surface area contributed by atoms with Crippen LogP contribution in [0.3, 0.4) is 0 Å². The van der Waals surface area contributed by atoms with E-state index in [1.54, 1.807) is 12.1 Å². The number of carbonyl (C=O) groups is 1. The second-order valence-electron chi connectivity index (χ2n) is 10.7. The second-order valence-corrected chi connectivity index (χ2v) is 11.1. The molecule has 0 saturated carbocycles. The fraction of sp³-hybridized carbons (Fsp3) is 0.419. The number of pyridine rings is 1. The lowest BCUT2D eigenvalue weighted by Gasteiger charge is -2.39. The minimum atomic E-state index is -0.217. The van der Waals surface area contributed by atoms with E-state index >= 15 is 0 Å². The zero-order valence-electron chi connectivity index (χ0n) is 22.7. The molecule has 3 aromatic rings. The quantitative estimate of drug-likeness (QED) is 0.356. The minimum absolute atomic E-state index is 0.00366. The zero-order valence-corrected chi connectivity index (χ0v) is 23.4. The molecule has 1 fully saturated rings. The van der Waals surface area contributed by atoms with Gasteiger partial charge in [-0.05, 0) is 96.2 Å². The first-order valence-electron chi connectivity index (χ1n) is 13.0. The van der Waals surface area contributed by atoms with Gasteiger partial charge in [-0.3, -0.25) is 4.98 Å². The SMILES string of the molecule is CN(C)CCC(c1ccc(Cl)cc1)c1ccccn1.C[C@H]1C[C@@H](OC(=O)c2ccccc2)CC(C)(C)N1. The van der Waals surface area contributed by atoms with Crippen LogP contribution in [0.5, 0.6) is 0 Å². The number of piperidine rings is 1. The molecule has 198 valence electrons. The number of ether oxygens (including phenoxy) is 1. The van der Waals surface area contributed by atoms with E-state index in [2.05, 4.69) is 68.3 Å². The summed E-state index contributed by atoms with van der Waals surface area (Å²) < 4.78 is 5.60. The Kier molecular flexibility index (Phi) is 10.7. The molecular formula is C31H40ClN3O2. The van der Waals surface area contributed by atoms with Crippen LogP contribution < -0.4 is 5.32 Å². The minimum Gasteiger partial charge on any atom is -0.459 e. The summed E-state index contributed by atoms with van der Waals surface area (Å²) in [6.45, 7) is 7.45. The van der Waals surface area contributed by atoms with Gasteiger partial charge >= 0.3 is 5.97 Å². The first kappa shape index (κ1) is 28.8. The fourth-order valence-electron chi connectivity index (χ4n) is 4.86. The van der Waals surface area contributed by atoms with Gasteiger partial charge in [0.05, 0.1) is 5.56 Å². The van der Waals surface area contributed by atoms with Gasteiger partial charge in [-0.2, -0.15) is 0 Å². The van der Waals surface area contributed by atoms with E-state index in [0.717, 1.165) is 36.5 Å². The number of carbonyl (C=O) groups excluding carboxylic acids is 1. The van der Waals surface area contributed by atoms with Crippen LogP contribution in [0.25, 0.3) is 0 Å². The highest BCUT2D eigenvalue weighted by atomic mass is 35.5. The Balaban J connectivity index is 0.000000206. The first-order chi connectivity index (χ1) is 17.6. The third-order valence-corrected chi connectivity index (χ3v) is 6.71. The Morgan fingerprint density at radius 2 is 1.76 bits per heavy atom. The Labute approximate surface area is 227 Å². The maximum Gasteiger partial charge on any atom is 0.338 e. The molecule has 1 aromatic heterocycles. The smallest absolute Gasteiger partial charge is 0.338 e. The number of rotatable bonds is 7. The largest absolute Gasteiger partial charge is 0.459 e. The summed E-state index contributed by atoms with van der Waals surface area (Å²) >= 11 is 5.97. The molecule has 1 aliphatic heterocycles. The number of nitrogens with zero attached hydrogens (tertiary/aromatic N) is 2. The molecule has 2 heterocycles. The van der Waals surface area contributed by atoms with Crippen molar-refractivity contribution in [3.63, 3.8) is 0 Å². The van der Waals surface area contributed by atoms with Gasteiger partial charge in [0.1, 0.15) is 6.10 Å². The molecule has 0 spiro atoms. The number of hydrogen-bond acceptors (Lipinski definition) is 5. The highest BCUT2D eigenvalue weighted by Crippen LogP contribution is 2.28. The topological polar surface area (TPSA) is 54.5 Å². The van der Waals surface area contributed by atoms with Crippen molar-refractivity contribution in [3.05, 3.63) is 101 Å². The summed E-state index contributed by atoms with van der Waals surface area (Å²) in [5, 5.41) is 4.28. The Bertz CT molecular complexity index is 1090. The third-order valence-electron chi connectivity index (χ3n) is 6.46. The maximum atomic E-state index is 12.0. The lowest BCUT2D eigenvalue weighted by atomic mass is 9.87. The van der Waals surface area contributed by atoms with E-state index in [9.17, 15) is 4.79 Å². The summed E-state index contributed by atoms with van der Waals surface area (Å²) in [5.74, 6) is 0.103. The molecule has 4 rings (SSSR count). The highest BCUT2D eigenvalue weighted by Gasteiger charge is 2.33. The van der Waals surface area contributed by atoms with Crippen molar-refractivity contribution < 1.29 is 9.53 Å². The van der Waals surface area contributed by atoms with Crippen LogP contribution in [0.2, 0.25) is 5.02 Å². The fourth-order valence-corrected chi connectivity index (χ4v) is 4.99. The van der Waals surface area contributed by atoms with E-state index in [1.165, 1.54) is 5.56 Å². The molecule has 6 heteroatoms. The summed E-state index contributed by atoms with van der Waals surface area (Å²) in [5.41, 5.74) is 3.04. The summed E-state index contributed by atoms with van der Waals surface area (Å²) in [4.78, 5) is 18.7. The van der Waals surface area contributed by atoms with Crippen LogP contribution in [-0.2, 0) is 4.74 Å². The third kappa shape index (κ3) is 9.58. The van der Waals surface area contributed by atoms with Crippen molar-refractivity contribution in [2.24, 2.45) is 0 Å². The van der Waals surface area contributed by atoms with E-state index in [1.807, 2.05) is 48.7 Å². The van der Waals surface area contributed by atoms with Crippen LogP contribution >= 0.6 is 11.6 Å². The average Bonchev–Trinajstić information content (AvgIpc) is 2.85. The van der Waals surface area contributed by atoms with Crippen LogP contribution in [0, 0.1) is 0 Å². The van der Waals surface area contributed by atoms with E-state index in [0.29, 0.717) is 17.5 Å². The molecule has 3 atom stereocenters. The molecule has 1 aliphatic rings. The van der Waals surface area contributed by atoms with E-state index < -0.39 is 0 Å². The van der Waals surface area contributed by atoms with Crippen molar-refractivity contribution in [2.75, 3.05) is 20.6 Å². The lowest BCUT2D eigenvalue weighted by Crippen LogP contribution is -2.53. The van der Waals surface area contributed by atoms with Crippen molar-refractivity contribution >= 4 is 17.6 Å². The molecular weight excluding hydrogens is 482 g/mol. The average molecular weight is 522 g/mol. The zero-order chi connectivity index (χ0) is 26.8. The highest BCUT2D eigenvalue weighted by molar-refractivity contribution is 6.30. The predicted octanol–water partition coefficient (Wildman–Crippen LogP) is 6.58. The Morgan fingerprint density at radius 1 is 1.08 bits per heavy atom. The van der Waals surface area contributed by atoms with Crippen LogP contribution in [0.4, 0.5) is 0 Å². The van der Waals surface area contributed by atoms with Crippen molar-refractivity contribution in [3.8, 4) is 0 Å². The molecule has 1 unspecified atom stereocenters. The van der Waals surface area contributed by atoms with Gasteiger partial charge in [-0.25, -0.2) is 4.79 Å². The Hall–Kier alpha value is -2.73. The number of benzene rings is 2. The number of esters is 1. The van der Waals surface area contributed by atoms with Crippen molar-refractivity contribution in [1.29, 1.82) is 0 Å². The second kappa shape index (κ2) is 13.7. The van der Waals surface area contributed by atoms with Crippen LogP contribution in [-0.4, -0.2) is 54.2 Å². The standard InChI is InChI=1S/C16H19ClN2.C15H21NO2/c1-19(2)12-10-15(16-5-3-4-11-18-16)13-6-8-14(17)9-7-13;1-11-9-13(10-15(2,3)16-11)18-14(17)12-7-5-4-6-8-12/h3-9,11,15H,10,12H2,1-2H3;4-8,11,13,16H,9-10H2,1-3H3/t;11-,13+/m.0/s1. The molecule has 0 amide bonds. The molecule has 5 nitrogen and oxygen atoms in total. The molecule has 0 bridgehead atoms. The molecule has 0 radical (unpaired) electrons. The molecule has 2 aromatic carbocycles. The van der Waals surface area contributed by atoms with Gasteiger partial charge < -0.3 is 15.0 Å². The monoisotopic (exact) mass is 521 g/mol. The lowest BCUT2D eigenvalue weighted by molar-refractivity contribution is 0.00586. The predicted molar refractivity (Wildman–Crippen MR) is 152 cm³/mol. The molecule has 0 aliphatic carbocycles. The van der Waals surface area contributed by atoms with Crippen LogP contribution in [0.1, 0.15) is 67.6 Å². The first-order valence-corrected chi connectivity index (χ1v) is 13.4. The van der Waals surface area contributed by atoms with E-state index in [-0.39, 0.29) is 17.6 Å². The van der Waals surface area contributed by atoms with Gasteiger partial charge in [0.15, 0.2) is 0 Å². The number of nitrogens with one attached hydrogen (secondary N) is 1. The van der Waals surface area contributed by atoms with Crippen molar-refractivity contribution in [1.82, 2.24) is 15.2 Å². The summed E-state index contributed by atoms with van der Waals surface area (Å²) in [6, 6.07) is 23.7. The van der Waals surface area contributed by atoms with Gasteiger partial charge in [0.2, 0.25) is 0 Å². The van der Waals surface area contributed by atoms with Gasteiger partial charge in [-0.1, -0.05) is 48.0 Å². The molecule has 1 N–H and O–H groups in total. The summed E-state index contributed by atoms with van der Waals surface area (Å²) in [7, 11) is 4.19. The number of hydrogen-bond donors (Lipinski definition) is 1. The van der Waals surface area contributed by atoms with Gasteiger partial charge in [-0.15, -0.1) is 0 Å². The summed E-state index contributed by atoms with van der Waals surface area (Å²) in [6.07, 6.45) is 4.64. The van der Waals surface area contributed by atoms with E-state index in [4.69, 9.17) is 16.3 Å². The van der Waals surface area contributed by atoms with Gasteiger partial charge in [0, 0.05) is 40.8 Å². The maximum absolute atomic E-state index is 12.0. The van der Waals surface area contributed by atoms with Gasteiger partial charge in [0.25, 0.3) is 0 Å². The normalized spacial score (nSPS) is 19.4. The van der Waals surface area contributed by atoms with Crippen molar-refractivity contribution in [2.45, 2.75) is 63.6 Å². The van der Waals surface area contributed by atoms with Crippen LogP contribution in [0.15, 0.2) is 79.0 Å². The Morgan fingerprint density at radius 3 is 2.35 bits per heavy atom.